The van der Waals surface area contributed by atoms with E-state index in [9.17, 15) is 18.3 Å². The minimum Gasteiger partial charge on any atom is -0.497 e. The molecule has 0 bridgehead atoms. The van der Waals surface area contributed by atoms with Gasteiger partial charge in [-0.15, -0.1) is 13.2 Å². The van der Waals surface area contributed by atoms with E-state index in [-0.39, 0.29) is 11.6 Å². The van der Waals surface area contributed by atoms with Crippen LogP contribution in [-0.2, 0) is 0 Å². The monoisotopic (exact) mass is 373 g/mol. The summed E-state index contributed by atoms with van der Waals surface area (Å²) in [6, 6.07) is 13.0. The highest BCUT2D eigenvalue weighted by molar-refractivity contribution is 6.14. The van der Waals surface area contributed by atoms with Gasteiger partial charge in [-0.3, -0.25) is 0 Å². The van der Waals surface area contributed by atoms with Crippen LogP contribution in [0.3, 0.4) is 0 Å². The first-order chi connectivity index (χ1) is 12.9. The zero-order valence-corrected chi connectivity index (χ0v) is 14.1. The van der Waals surface area contributed by atoms with Gasteiger partial charge in [0, 0.05) is 17.0 Å². The lowest BCUT2D eigenvalue weighted by Gasteiger charge is -2.13. The molecule has 4 nitrogen and oxygen atoms in total. The summed E-state index contributed by atoms with van der Waals surface area (Å²) in [7, 11) is 1.56. The van der Waals surface area contributed by atoms with Crippen molar-refractivity contribution in [2.75, 3.05) is 7.11 Å². The summed E-state index contributed by atoms with van der Waals surface area (Å²) in [4.78, 5) is 2.78. The Morgan fingerprint density at radius 1 is 0.889 bits per heavy atom. The fraction of sp³-hybridized carbons (Fsp3) is 0.100. The number of rotatable bonds is 3. The number of aromatic hydroxyl groups is 1. The normalized spacial score (nSPS) is 11.9. The van der Waals surface area contributed by atoms with Crippen LogP contribution in [-0.4, -0.2) is 23.6 Å². The van der Waals surface area contributed by atoms with E-state index in [1.807, 2.05) is 24.3 Å². The largest absolute Gasteiger partial charge is 0.573 e. The number of aromatic amines is 1. The molecule has 138 valence electrons. The fourth-order valence-electron chi connectivity index (χ4n) is 3.22. The summed E-state index contributed by atoms with van der Waals surface area (Å²) in [5.74, 6) is 0.387. The second-order valence-electron chi connectivity index (χ2n) is 6.01. The van der Waals surface area contributed by atoms with Crippen molar-refractivity contribution >= 4 is 21.5 Å². The molecule has 4 rings (SSSR count). The third kappa shape index (κ3) is 3.12. The lowest BCUT2D eigenvalue weighted by atomic mass is 9.94. The van der Waals surface area contributed by atoms with Crippen molar-refractivity contribution in [3.8, 4) is 28.5 Å². The van der Waals surface area contributed by atoms with Gasteiger partial charge in [0.25, 0.3) is 0 Å². The molecular formula is C20H14F3NO3. The number of aromatic nitrogens is 1. The van der Waals surface area contributed by atoms with Crippen LogP contribution in [0.2, 0.25) is 0 Å². The Labute approximate surface area is 151 Å². The number of benzene rings is 3. The summed E-state index contributed by atoms with van der Waals surface area (Å²) in [6.45, 7) is 0. The maximum atomic E-state index is 12.4. The van der Waals surface area contributed by atoms with Crippen molar-refractivity contribution in [2.24, 2.45) is 0 Å². The van der Waals surface area contributed by atoms with E-state index >= 15 is 0 Å². The number of fused-ring (bicyclic) bond motifs is 2. The van der Waals surface area contributed by atoms with Crippen molar-refractivity contribution in [1.29, 1.82) is 0 Å². The van der Waals surface area contributed by atoms with E-state index < -0.39 is 6.36 Å². The molecule has 0 saturated carbocycles. The van der Waals surface area contributed by atoms with Crippen LogP contribution in [0.15, 0.2) is 54.7 Å². The molecule has 27 heavy (non-hydrogen) atoms. The molecule has 2 N–H and O–H groups in total. The average molecular weight is 373 g/mol. The maximum absolute atomic E-state index is 12.4. The van der Waals surface area contributed by atoms with Gasteiger partial charge in [0.2, 0.25) is 0 Å². The maximum Gasteiger partial charge on any atom is 0.573 e. The van der Waals surface area contributed by atoms with Gasteiger partial charge in [0.05, 0.1) is 7.11 Å². The number of hydrogen-bond donors (Lipinski definition) is 2. The van der Waals surface area contributed by atoms with Gasteiger partial charge in [-0.1, -0.05) is 18.2 Å². The van der Waals surface area contributed by atoms with Gasteiger partial charge in [0.15, 0.2) is 5.88 Å². The van der Waals surface area contributed by atoms with Crippen LogP contribution in [0.1, 0.15) is 0 Å². The molecule has 1 heterocycles. The minimum absolute atomic E-state index is 0.0287. The second-order valence-corrected chi connectivity index (χ2v) is 6.01. The molecule has 1 aromatic heterocycles. The van der Waals surface area contributed by atoms with E-state index in [2.05, 4.69) is 9.72 Å². The molecule has 0 atom stereocenters. The van der Waals surface area contributed by atoms with Crippen molar-refractivity contribution in [2.45, 2.75) is 6.36 Å². The summed E-state index contributed by atoms with van der Waals surface area (Å²) in [5, 5.41) is 13.2. The first-order valence-corrected chi connectivity index (χ1v) is 8.03. The van der Waals surface area contributed by atoms with Gasteiger partial charge in [-0.05, 0) is 52.2 Å². The summed E-state index contributed by atoms with van der Waals surface area (Å²) >= 11 is 0. The molecule has 0 aliphatic carbocycles. The highest BCUT2D eigenvalue weighted by atomic mass is 19.4. The molecule has 7 heteroatoms. The van der Waals surface area contributed by atoms with Gasteiger partial charge in [0.1, 0.15) is 11.5 Å². The molecule has 4 aromatic rings. The number of alkyl halides is 3. The average Bonchev–Trinajstić information content (AvgIpc) is 2.99. The Morgan fingerprint density at radius 2 is 1.59 bits per heavy atom. The molecule has 0 amide bonds. The first-order valence-electron chi connectivity index (χ1n) is 8.03. The number of methoxy groups -OCH3 is 1. The molecule has 0 saturated heterocycles. The smallest absolute Gasteiger partial charge is 0.497 e. The Hall–Kier alpha value is -3.35. The number of ether oxygens (including phenoxy) is 2. The summed E-state index contributed by atoms with van der Waals surface area (Å²) < 4.78 is 46.4. The van der Waals surface area contributed by atoms with E-state index in [1.54, 1.807) is 25.4 Å². The molecule has 0 radical (unpaired) electrons. The predicted octanol–water partition coefficient (Wildman–Crippen LogP) is 5.60. The molecule has 0 aliphatic rings. The third-order valence-corrected chi connectivity index (χ3v) is 4.37. The molecular weight excluding hydrogens is 359 g/mol. The Morgan fingerprint density at radius 3 is 2.26 bits per heavy atom. The van der Waals surface area contributed by atoms with E-state index in [0.29, 0.717) is 16.7 Å². The molecule has 0 spiro atoms. The van der Waals surface area contributed by atoms with E-state index in [1.165, 1.54) is 12.1 Å². The van der Waals surface area contributed by atoms with Crippen LogP contribution in [0.25, 0.3) is 32.7 Å². The third-order valence-electron chi connectivity index (χ3n) is 4.37. The molecule has 0 aliphatic heterocycles. The number of nitrogens with one attached hydrogen (secondary N) is 1. The predicted molar refractivity (Wildman–Crippen MR) is 96.1 cm³/mol. The van der Waals surface area contributed by atoms with Gasteiger partial charge >= 0.3 is 6.36 Å². The van der Waals surface area contributed by atoms with Crippen molar-refractivity contribution < 1.29 is 27.8 Å². The van der Waals surface area contributed by atoms with Gasteiger partial charge in [-0.2, -0.15) is 0 Å². The van der Waals surface area contributed by atoms with Gasteiger partial charge in [-0.25, -0.2) is 0 Å². The van der Waals surface area contributed by atoms with E-state index in [4.69, 9.17) is 4.74 Å². The zero-order valence-electron chi connectivity index (χ0n) is 14.1. The van der Waals surface area contributed by atoms with Crippen molar-refractivity contribution in [1.82, 2.24) is 4.98 Å². The van der Waals surface area contributed by atoms with Crippen LogP contribution < -0.4 is 9.47 Å². The second kappa shape index (κ2) is 6.12. The minimum atomic E-state index is -4.74. The Balaban J connectivity index is 1.95. The van der Waals surface area contributed by atoms with Crippen LogP contribution in [0.4, 0.5) is 13.2 Å². The van der Waals surface area contributed by atoms with Crippen molar-refractivity contribution in [3.63, 3.8) is 0 Å². The lowest BCUT2D eigenvalue weighted by molar-refractivity contribution is -0.274. The van der Waals surface area contributed by atoms with Crippen molar-refractivity contribution in [3.05, 3.63) is 54.7 Å². The number of H-pyrrole nitrogens is 1. The summed E-state index contributed by atoms with van der Waals surface area (Å²) in [5.41, 5.74) is 1.46. The Kier molecular flexibility index (Phi) is 3.87. The van der Waals surface area contributed by atoms with E-state index in [0.717, 1.165) is 21.7 Å². The standard InChI is InChI=1S/C20H14F3NO3/c1-26-14-7-4-12-8-16-17(10-24-19(16)25)18(15(12)9-14)11-2-5-13(6-3-11)27-20(21,22)23/h2-10,24-25H,1H3. The summed E-state index contributed by atoms with van der Waals surface area (Å²) in [6.07, 6.45) is -3.08. The molecule has 3 aromatic carbocycles. The SMILES string of the molecule is COc1ccc2cc3c(O)[nH]cc3c(-c3ccc(OC(F)(F)F)cc3)c2c1. The fourth-order valence-corrected chi connectivity index (χ4v) is 3.22. The highest BCUT2D eigenvalue weighted by Gasteiger charge is 2.31. The highest BCUT2D eigenvalue weighted by Crippen LogP contribution is 2.41. The van der Waals surface area contributed by atoms with Crippen LogP contribution >= 0.6 is 0 Å². The van der Waals surface area contributed by atoms with Gasteiger partial charge < -0.3 is 19.6 Å². The molecule has 0 unspecified atom stereocenters. The van der Waals surface area contributed by atoms with Crippen LogP contribution in [0, 0.1) is 0 Å². The number of hydrogen-bond acceptors (Lipinski definition) is 3. The quantitative estimate of drug-likeness (QED) is 0.491. The Bertz CT molecular complexity index is 1130. The van der Waals surface area contributed by atoms with Crippen LogP contribution in [0.5, 0.6) is 17.4 Å². The zero-order chi connectivity index (χ0) is 19.2. The first kappa shape index (κ1) is 17.1. The number of halogens is 3. The lowest BCUT2D eigenvalue weighted by Crippen LogP contribution is -2.16. The molecule has 0 fully saturated rings. The topological polar surface area (TPSA) is 54.5 Å².